The van der Waals surface area contributed by atoms with Crippen molar-refractivity contribution in [3.63, 3.8) is 0 Å². The molecule has 0 radical (unpaired) electrons. The van der Waals surface area contributed by atoms with Crippen molar-refractivity contribution in [1.82, 2.24) is 9.78 Å². The van der Waals surface area contributed by atoms with Crippen molar-refractivity contribution < 1.29 is 4.74 Å². The van der Waals surface area contributed by atoms with Crippen LogP contribution in [0.3, 0.4) is 0 Å². The number of methoxy groups -OCH3 is 1. The summed E-state index contributed by atoms with van der Waals surface area (Å²) in [4.78, 5) is 0. The fraction of sp³-hybridized carbons (Fsp3) is 0.357. The lowest BCUT2D eigenvalue weighted by Crippen LogP contribution is -1.99. The normalized spacial score (nSPS) is 10.8. The van der Waals surface area contributed by atoms with Gasteiger partial charge in [-0.05, 0) is 46.1 Å². The molecule has 19 heavy (non-hydrogen) atoms. The molecule has 2 aromatic rings. The van der Waals surface area contributed by atoms with E-state index in [-0.39, 0.29) is 0 Å². The third-order valence-corrected chi connectivity index (χ3v) is 4.02. The summed E-state index contributed by atoms with van der Waals surface area (Å²) in [5, 5.41) is 4.42. The van der Waals surface area contributed by atoms with Crippen LogP contribution in [0.2, 0.25) is 0 Å². The van der Waals surface area contributed by atoms with Gasteiger partial charge >= 0.3 is 0 Å². The first kappa shape index (κ1) is 14.1. The van der Waals surface area contributed by atoms with E-state index in [0.717, 1.165) is 33.6 Å². The number of aromatic nitrogens is 2. The van der Waals surface area contributed by atoms with E-state index in [4.69, 9.17) is 10.5 Å². The molecule has 2 rings (SSSR count). The highest BCUT2D eigenvalue weighted by atomic mass is 79.9. The van der Waals surface area contributed by atoms with Gasteiger partial charge in [0.15, 0.2) is 0 Å². The maximum atomic E-state index is 5.69. The van der Waals surface area contributed by atoms with E-state index >= 15 is 0 Å². The van der Waals surface area contributed by atoms with Crippen LogP contribution in [0.5, 0.6) is 5.75 Å². The average Bonchev–Trinajstić information content (AvgIpc) is 2.72. The van der Waals surface area contributed by atoms with Gasteiger partial charge < -0.3 is 10.5 Å². The van der Waals surface area contributed by atoms with Gasteiger partial charge in [0.1, 0.15) is 5.75 Å². The summed E-state index contributed by atoms with van der Waals surface area (Å²) in [5.74, 6) is 0.920. The molecule has 0 atom stereocenters. The molecule has 0 saturated carbocycles. The number of halogens is 1. The summed E-state index contributed by atoms with van der Waals surface area (Å²) in [5.41, 5.74) is 9.89. The Kier molecular flexibility index (Phi) is 4.27. The van der Waals surface area contributed by atoms with E-state index in [9.17, 15) is 0 Å². The zero-order chi connectivity index (χ0) is 14.0. The maximum Gasteiger partial charge on any atom is 0.122 e. The largest absolute Gasteiger partial charge is 0.496 e. The molecule has 0 spiro atoms. The molecule has 0 fully saturated rings. The van der Waals surface area contributed by atoms with Crippen LogP contribution in [-0.4, -0.2) is 16.9 Å². The van der Waals surface area contributed by atoms with Crippen molar-refractivity contribution in [1.29, 1.82) is 0 Å². The molecular weight excluding hydrogens is 306 g/mol. The van der Waals surface area contributed by atoms with Crippen molar-refractivity contribution in [2.75, 3.05) is 7.11 Å². The van der Waals surface area contributed by atoms with E-state index in [1.807, 2.05) is 23.9 Å². The molecule has 0 unspecified atom stereocenters. The van der Waals surface area contributed by atoms with Crippen molar-refractivity contribution in [3.8, 4) is 17.0 Å². The van der Waals surface area contributed by atoms with Crippen LogP contribution in [0.1, 0.15) is 18.2 Å². The summed E-state index contributed by atoms with van der Waals surface area (Å²) >= 11 is 3.59. The first-order chi connectivity index (χ1) is 9.12. The average molecular weight is 324 g/mol. The zero-order valence-electron chi connectivity index (χ0n) is 11.4. The minimum atomic E-state index is 0.422. The number of hydrogen-bond donors (Lipinski definition) is 1. The molecule has 2 N–H and O–H groups in total. The molecule has 1 heterocycles. The fourth-order valence-corrected chi connectivity index (χ4v) is 2.93. The number of ether oxygens (including phenoxy) is 1. The second-order valence-electron chi connectivity index (χ2n) is 4.32. The standard InChI is InChI=1S/C14H18BrN3O/c1-4-9-7-10(5-6-12(9)19-3)14-13(15)11(8-16)17-18(14)2/h5-7H,4,8,16H2,1-3H3. The van der Waals surface area contributed by atoms with Crippen molar-refractivity contribution in [3.05, 3.63) is 33.9 Å². The van der Waals surface area contributed by atoms with Gasteiger partial charge in [0, 0.05) is 19.2 Å². The van der Waals surface area contributed by atoms with Gasteiger partial charge in [-0.15, -0.1) is 0 Å². The Hall–Kier alpha value is -1.33. The van der Waals surface area contributed by atoms with E-state index in [1.165, 1.54) is 5.56 Å². The number of nitrogens with zero attached hydrogens (tertiary/aromatic N) is 2. The van der Waals surface area contributed by atoms with Crippen molar-refractivity contribution >= 4 is 15.9 Å². The third kappa shape index (κ3) is 2.53. The van der Waals surface area contributed by atoms with E-state index in [2.05, 4.69) is 34.0 Å². The monoisotopic (exact) mass is 323 g/mol. The second-order valence-corrected chi connectivity index (χ2v) is 5.11. The first-order valence-corrected chi connectivity index (χ1v) is 7.00. The molecule has 1 aromatic heterocycles. The summed E-state index contributed by atoms with van der Waals surface area (Å²) in [6, 6.07) is 6.18. The molecule has 0 aliphatic rings. The highest BCUT2D eigenvalue weighted by Gasteiger charge is 2.15. The number of nitrogens with two attached hydrogens (primary N) is 1. The maximum absolute atomic E-state index is 5.69. The fourth-order valence-electron chi connectivity index (χ4n) is 2.20. The predicted octanol–water partition coefficient (Wildman–Crippen LogP) is 2.88. The highest BCUT2D eigenvalue weighted by molar-refractivity contribution is 9.10. The Balaban J connectivity index is 2.56. The summed E-state index contributed by atoms with van der Waals surface area (Å²) < 4.78 is 8.18. The van der Waals surface area contributed by atoms with Crippen LogP contribution in [0, 0.1) is 0 Å². The molecule has 0 saturated heterocycles. The lowest BCUT2D eigenvalue weighted by molar-refractivity contribution is 0.410. The third-order valence-electron chi connectivity index (χ3n) is 3.18. The van der Waals surface area contributed by atoms with Gasteiger partial charge in [0.05, 0.1) is 23.0 Å². The molecule has 0 amide bonds. The Labute approximate surface area is 121 Å². The van der Waals surface area contributed by atoms with Gasteiger partial charge in [-0.2, -0.15) is 5.10 Å². The van der Waals surface area contributed by atoms with E-state index < -0.39 is 0 Å². The number of hydrogen-bond acceptors (Lipinski definition) is 3. The SMILES string of the molecule is CCc1cc(-c2c(Br)c(CN)nn2C)ccc1OC. The molecule has 102 valence electrons. The Bertz CT molecular complexity index is 593. The van der Waals surface area contributed by atoms with Crippen molar-refractivity contribution in [2.45, 2.75) is 19.9 Å². The summed E-state index contributed by atoms with van der Waals surface area (Å²) in [6.45, 7) is 2.54. The van der Waals surface area contributed by atoms with Gasteiger partial charge in [-0.25, -0.2) is 0 Å². The van der Waals surface area contributed by atoms with Crippen LogP contribution in [0.4, 0.5) is 0 Å². The minimum Gasteiger partial charge on any atom is -0.496 e. The van der Waals surface area contributed by atoms with Crippen LogP contribution in [0.25, 0.3) is 11.3 Å². The summed E-state index contributed by atoms with van der Waals surface area (Å²) in [6.07, 6.45) is 0.927. The van der Waals surface area contributed by atoms with E-state index in [1.54, 1.807) is 7.11 Å². The van der Waals surface area contributed by atoms with Crippen LogP contribution in [-0.2, 0) is 20.0 Å². The summed E-state index contributed by atoms with van der Waals surface area (Å²) in [7, 11) is 3.62. The van der Waals surface area contributed by atoms with E-state index in [0.29, 0.717) is 6.54 Å². The Morgan fingerprint density at radius 1 is 1.42 bits per heavy atom. The molecular formula is C14H18BrN3O. The van der Waals surface area contributed by atoms with Crippen molar-refractivity contribution in [2.24, 2.45) is 12.8 Å². The van der Waals surface area contributed by atoms with Gasteiger partial charge in [0.2, 0.25) is 0 Å². The quantitative estimate of drug-likeness (QED) is 0.941. The van der Waals surface area contributed by atoms with Crippen LogP contribution >= 0.6 is 15.9 Å². The van der Waals surface area contributed by atoms with Gasteiger partial charge in [0.25, 0.3) is 0 Å². The van der Waals surface area contributed by atoms with Crippen LogP contribution in [0.15, 0.2) is 22.7 Å². The number of aryl methyl sites for hydroxylation is 2. The first-order valence-electron chi connectivity index (χ1n) is 6.21. The predicted molar refractivity (Wildman–Crippen MR) is 80.2 cm³/mol. The molecule has 4 nitrogen and oxygen atoms in total. The Morgan fingerprint density at radius 2 is 2.16 bits per heavy atom. The lowest BCUT2D eigenvalue weighted by Gasteiger charge is -2.10. The minimum absolute atomic E-state index is 0.422. The molecule has 0 aliphatic carbocycles. The smallest absolute Gasteiger partial charge is 0.122 e. The number of benzene rings is 1. The van der Waals surface area contributed by atoms with Gasteiger partial charge in [-0.3, -0.25) is 4.68 Å². The highest BCUT2D eigenvalue weighted by Crippen LogP contribution is 2.33. The Morgan fingerprint density at radius 3 is 2.68 bits per heavy atom. The lowest BCUT2D eigenvalue weighted by atomic mass is 10.0. The molecule has 5 heteroatoms. The number of rotatable bonds is 4. The second kappa shape index (κ2) is 5.75. The molecule has 0 aliphatic heterocycles. The molecule has 0 bridgehead atoms. The van der Waals surface area contributed by atoms with Crippen LogP contribution < -0.4 is 10.5 Å². The topological polar surface area (TPSA) is 53.1 Å². The molecule has 1 aromatic carbocycles. The zero-order valence-corrected chi connectivity index (χ0v) is 13.0. The van der Waals surface area contributed by atoms with Gasteiger partial charge in [-0.1, -0.05) is 6.92 Å².